The zero-order chi connectivity index (χ0) is 25.5. The number of rotatable bonds is 9. The van der Waals surface area contributed by atoms with Crippen molar-refractivity contribution >= 4 is 17.6 Å². The van der Waals surface area contributed by atoms with Crippen molar-refractivity contribution in [1.82, 2.24) is 15.5 Å². The van der Waals surface area contributed by atoms with Crippen LogP contribution in [0.1, 0.15) is 54.1 Å². The summed E-state index contributed by atoms with van der Waals surface area (Å²) in [4.78, 5) is 38.5. The number of likely N-dealkylation sites (tertiary alicyclic amines) is 1. The van der Waals surface area contributed by atoms with E-state index in [1.165, 1.54) is 12.1 Å². The lowest BCUT2D eigenvalue weighted by Crippen LogP contribution is -2.43. The SMILES string of the molecule is CC(C)C(=O)CNC(=O)c1cccc(C2CCCN(C(=O)CNCc3ccc(F)cc3F)C2)c1F. The first-order valence-corrected chi connectivity index (χ1v) is 11.7. The summed E-state index contributed by atoms with van der Waals surface area (Å²) in [6.45, 7) is 4.12. The zero-order valence-electron chi connectivity index (χ0n) is 19.9. The largest absolute Gasteiger partial charge is 0.345 e. The molecule has 0 aromatic heterocycles. The lowest BCUT2D eigenvalue weighted by Gasteiger charge is -2.33. The molecule has 1 aliphatic rings. The van der Waals surface area contributed by atoms with Gasteiger partial charge in [0, 0.05) is 43.1 Å². The van der Waals surface area contributed by atoms with Crippen LogP contribution in [0, 0.1) is 23.4 Å². The van der Waals surface area contributed by atoms with Gasteiger partial charge in [-0.05, 0) is 30.5 Å². The van der Waals surface area contributed by atoms with Crippen molar-refractivity contribution in [2.45, 2.75) is 39.2 Å². The third kappa shape index (κ3) is 6.91. The Hall–Kier alpha value is -3.20. The topological polar surface area (TPSA) is 78.5 Å². The van der Waals surface area contributed by atoms with Crippen molar-refractivity contribution in [2.75, 3.05) is 26.2 Å². The Morgan fingerprint density at radius 2 is 1.86 bits per heavy atom. The van der Waals surface area contributed by atoms with Crippen LogP contribution < -0.4 is 10.6 Å². The molecule has 2 aromatic carbocycles. The predicted octanol–water partition coefficient (Wildman–Crippen LogP) is 3.55. The van der Waals surface area contributed by atoms with Crippen LogP contribution in [0.3, 0.4) is 0 Å². The Morgan fingerprint density at radius 1 is 1.09 bits per heavy atom. The molecule has 0 aliphatic carbocycles. The number of piperidine rings is 1. The second-order valence-corrected chi connectivity index (χ2v) is 9.03. The van der Waals surface area contributed by atoms with Crippen molar-refractivity contribution in [3.05, 3.63) is 70.5 Å². The standard InChI is InChI=1S/C26H30F3N3O3/c1-16(2)23(33)13-31-26(35)21-7-3-6-20(25(21)29)18-5-4-10-32(15-18)24(34)14-30-12-17-8-9-19(27)11-22(17)28/h3,6-9,11,16,18,30H,4-5,10,12-15H2,1-2H3,(H,31,35). The predicted molar refractivity (Wildman–Crippen MR) is 125 cm³/mol. The molecule has 0 radical (unpaired) electrons. The van der Waals surface area contributed by atoms with Crippen LogP contribution in [-0.2, 0) is 16.1 Å². The van der Waals surface area contributed by atoms with Crippen LogP contribution in [0.25, 0.3) is 0 Å². The highest BCUT2D eigenvalue weighted by Gasteiger charge is 2.28. The van der Waals surface area contributed by atoms with E-state index >= 15 is 4.39 Å². The zero-order valence-corrected chi connectivity index (χ0v) is 19.9. The molecule has 2 aromatic rings. The van der Waals surface area contributed by atoms with Gasteiger partial charge in [-0.25, -0.2) is 13.2 Å². The normalized spacial score (nSPS) is 15.8. The van der Waals surface area contributed by atoms with Gasteiger partial charge in [0.15, 0.2) is 5.78 Å². The van der Waals surface area contributed by atoms with E-state index in [2.05, 4.69) is 10.6 Å². The van der Waals surface area contributed by atoms with Crippen molar-refractivity contribution < 1.29 is 27.6 Å². The number of nitrogens with one attached hydrogen (secondary N) is 2. The maximum atomic E-state index is 15.3. The molecule has 0 saturated carbocycles. The van der Waals surface area contributed by atoms with Gasteiger partial charge in [0.1, 0.15) is 17.5 Å². The molecule has 1 fully saturated rings. The van der Waals surface area contributed by atoms with Gasteiger partial charge in [0.05, 0.1) is 18.7 Å². The van der Waals surface area contributed by atoms with Crippen molar-refractivity contribution in [3.8, 4) is 0 Å². The van der Waals surface area contributed by atoms with Crippen LogP contribution >= 0.6 is 0 Å². The number of Topliss-reactive ketones (excluding diaryl/α,β-unsaturated/α-hetero) is 1. The van der Waals surface area contributed by atoms with Gasteiger partial charge in [-0.15, -0.1) is 0 Å². The summed E-state index contributed by atoms with van der Waals surface area (Å²) in [6.07, 6.45) is 1.33. The summed E-state index contributed by atoms with van der Waals surface area (Å²) in [5.41, 5.74) is 0.472. The van der Waals surface area contributed by atoms with E-state index in [-0.39, 0.29) is 54.3 Å². The Morgan fingerprint density at radius 3 is 2.57 bits per heavy atom. The number of carbonyl (C=O) groups excluding carboxylic acids is 3. The first-order chi connectivity index (χ1) is 16.7. The Labute approximate surface area is 202 Å². The highest BCUT2D eigenvalue weighted by Crippen LogP contribution is 2.30. The van der Waals surface area contributed by atoms with E-state index in [0.717, 1.165) is 12.1 Å². The molecule has 6 nitrogen and oxygen atoms in total. The maximum absolute atomic E-state index is 15.3. The van der Waals surface area contributed by atoms with Gasteiger partial charge in [0.2, 0.25) is 5.91 Å². The molecule has 188 valence electrons. The van der Waals surface area contributed by atoms with E-state index in [1.54, 1.807) is 30.9 Å². The lowest BCUT2D eigenvalue weighted by atomic mass is 9.89. The van der Waals surface area contributed by atoms with E-state index < -0.39 is 23.4 Å². The van der Waals surface area contributed by atoms with Crippen LogP contribution in [0.5, 0.6) is 0 Å². The number of halogens is 3. The number of benzene rings is 2. The molecule has 2 N–H and O–H groups in total. The summed E-state index contributed by atoms with van der Waals surface area (Å²) in [5.74, 6) is -3.53. The lowest BCUT2D eigenvalue weighted by molar-refractivity contribution is -0.131. The van der Waals surface area contributed by atoms with E-state index in [1.807, 2.05) is 0 Å². The molecule has 0 spiro atoms. The second-order valence-electron chi connectivity index (χ2n) is 9.03. The molecule has 2 amide bonds. The van der Waals surface area contributed by atoms with Crippen molar-refractivity contribution in [1.29, 1.82) is 0 Å². The minimum absolute atomic E-state index is 0.0433. The summed E-state index contributed by atoms with van der Waals surface area (Å²) >= 11 is 0. The van der Waals surface area contributed by atoms with Gasteiger partial charge in [0.25, 0.3) is 5.91 Å². The first-order valence-electron chi connectivity index (χ1n) is 11.7. The third-order valence-electron chi connectivity index (χ3n) is 6.16. The molecule has 1 saturated heterocycles. The molecule has 1 unspecified atom stereocenters. The minimum atomic E-state index is -0.684. The molecular weight excluding hydrogens is 459 g/mol. The Bertz CT molecular complexity index is 1090. The summed E-state index contributed by atoms with van der Waals surface area (Å²) in [6, 6.07) is 7.85. The van der Waals surface area contributed by atoms with Crippen LogP contribution in [-0.4, -0.2) is 48.7 Å². The third-order valence-corrected chi connectivity index (χ3v) is 6.16. The van der Waals surface area contributed by atoms with Gasteiger partial charge in [-0.1, -0.05) is 32.0 Å². The van der Waals surface area contributed by atoms with Gasteiger partial charge >= 0.3 is 0 Å². The smallest absolute Gasteiger partial charge is 0.254 e. The highest BCUT2D eigenvalue weighted by atomic mass is 19.1. The number of hydrogen-bond acceptors (Lipinski definition) is 4. The van der Waals surface area contributed by atoms with Gasteiger partial charge in [-0.2, -0.15) is 0 Å². The fourth-order valence-electron chi connectivity index (χ4n) is 4.05. The molecule has 9 heteroatoms. The first kappa shape index (κ1) is 26.4. The van der Waals surface area contributed by atoms with Crippen LogP contribution in [0.4, 0.5) is 13.2 Å². The fraction of sp³-hybridized carbons (Fsp3) is 0.423. The van der Waals surface area contributed by atoms with Crippen LogP contribution in [0.15, 0.2) is 36.4 Å². The number of carbonyl (C=O) groups is 3. The molecule has 3 rings (SSSR count). The van der Waals surface area contributed by atoms with E-state index in [0.29, 0.717) is 31.5 Å². The quantitative estimate of drug-likeness (QED) is 0.565. The fourth-order valence-corrected chi connectivity index (χ4v) is 4.05. The van der Waals surface area contributed by atoms with E-state index in [4.69, 9.17) is 0 Å². The molecule has 1 aliphatic heterocycles. The average Bonchev–Trinajstić information content (AvgIpc) is 2.83. The highest BCUT2D eigenvalue weighted by molar-refractivity contribution is 5.97. The monoisotopic (exact) mass is 489 g/mol. The summed E-state index contributed by atoms with van der Waals surface area (Å²) in [7, 11) is 0. The molecular formula is C26H30F3N3O3. The van der Waals surface area contributed by atoms with Crippen LogP contribution in [0.2, 0.25) is 0 Å². The second kappa shape index (κ2) is 12.0. The molecule has 1 heterocycles. The Kier molecular flexibility index (Phi) is 9.03. The minimum Gasteiger partial charge on any atom is -0.345 e. The molecule has 0 bridgehead atoms. The average molecular weight is 490 g/mol. The maximum Gasteiger partial charge on any atom is 0.254 e. The number of ketones is 1. The van der Waals surface area contributed by atoms with Crippen molar-refractivity contribution in [2.24, 2.45) is 5.92 Å². The Balaban J connectivity index is 1.59. The summed E-state index contributed by atoms with van der Waals surface area (Å²) < 4.78 is 42.0. The van der Waals surface area contributed by atoms with Gasteiger partial charge in [-0.3, -0.25) is 14.4 Å². The molecule has 35 heavy (non-hydrogen) atoms. The summed E-state index contributed by atoms with van der Waals surface area (Å²) in [5, 5.41) is 5.34. The number of nitrogens with zero attached hydrogens (tertiary/aromatic N) is 1. The number of hydrogen-bond donors (Lipinski definition) is 2. The molecule has 1 atom stereocenters. The van der Waals surface area contributed by atoms with Crippen molar-refractivity contribution in [3.63, 3.8) is 0 Å². The van der Waals surface area contributed by atoms with E-state index in [9.17, 15) is 23.2 Å². The van der Waals surface area contributed by atoms with Gasteiger partial charge < -0.3 is 15.5 Å². The number of amides is 2.